The average molecular weight is 228 g/mol. The van der Waals surface area contributed by atoms with Gasteiger partial charge in [0, 0.05) is 7.11 Å². The lowest BCUT2D eigenvalue weighted by atomic mass is 10.1. The van der Waals surface area contributed by atoms with Crippen molar-refractivity contribution in [3.63, 3.8) is 0 Å². The number of rotatable bonds is 5. The minimum atomic E-state index is -5.77. The summed E-state index contributed by atoms with van der Waals surface area (Å²) in [7, 11) is 0.636. The predicted molar refractivity (Wildman–Crippen MR) is 32.7 cm³/mol. The lowest BCUT2D eigenvalue weighted by Crippen LogP contribution is -2.57. The van der Waals surface area contributed by atoms with E-state index in [1.54, 1.807) is 0 Å². The zero-order chi connectivity index (χ0) is 11.6. The molecule has 14 heavy (non-hydrogen) atoms. The van der Waals surface area contributed by atoms with Crippen molar-refractivity contribution in [2.75, 3.05) is 20.4 Å². The molecule has 0 fully saturated rings. The SMILES string of the molecule is COCC(F)(F)C(F)(F)C(F)(F)CF. The van der Waals surface area contributed by atoms with Gasteiger partial charge in [-0.2, -0.15) is 26.3 Å². The van der Waals surface area contributed by atoms with E-state index in [1.165, 1.54) is 0 Å². The molecule has 8 heteroatoms. The fourth-order valence-electron chi connectivity index (χ4n) is 0.623. The third kappa shape index (κ3) is 2.10. The number of hydrogen-bond acceptors (Lipinski definition) is 1. The molecular formula is C6H7F7O. The molecule has 1 nitrogen and oxygen atoms in total. The van der Waals surface area contributed by atoms with Crippen molar-refractivity contribution in [3.05, 3.63) is 0 Å². The first-order chi connectivity index (χ1) is 6.12. The van der Waals surface area contributed by atoms with E-state index in [4.69, 9.17) is 0 Å². The molecule has 0 aromatic carbocycles. The van der Waals surface area contributed by atoms with Crippen molar-refractivity contribution >= 4 is 0 Å². The molecule has 0 aromatic heterocycles. The second-order valence-corrected chi connectivity index (χ2v) is 2.55. The van der Waals surface area contributed by atoms with Gasteiger partial charge in [-0.15, -0.1) is 0 Å². The van der Waals surface area contributed by atoms with Crippen LogP contribution in [0.1, 0.15) is 0 Å². The van der Waals surface area contributed by atoms with Gasteiger partial charge in [0.25, 0.3) is 0 Å². The van der Waals surface area contributed by atoms with Crippen LogP contribution in [-0.4, -0.2) is 38.2 Å². The summed E-state index contributed by atoms with van der Waals surface area (Å²) in [6.45, 7) is -4.77. The first-order valence-electron chi connectivity index (χ1n) is 3.31. The molecule has 0 aliphatic rings. The minimum Gasteiger partial charge on any atom is -0.378 e. The monoisotopic (exact) mass is 228 g/mol. The Bertz CT molecular complexity index is 191. The highest BCUT2D eigenvalue weighted by atomic mass is 19.3. The molecule has 0 aliphatic heterocycles. The Kier molecular flexibility index (Phi) is 3.77. The van der Waals surface area contributed by atoms with Gasteiger partial charge in [-0.25, -0.2) is 4.39 Å². The largest absolute Gasteiger partial charge is 0.378 e. The van der Waals surface area contributed by atoms with Crippen LogP contribution in [0.25, 0.3) is 0 Å². The van der Waals surface area contributed by atoms with Crippen molar-refractivity contribution in [2.24, 2.45) is 0 Å². The van der Waals surface area contributed by atoms with Crippen LogP contribution >= 0.6 is 0 Å². The summed E-state index contributed by atoms with van der Waals surface area (Å²) in [5, 5.41) is 0. The van der Waals surface area contributed by atoms with Gasteiger partial charge in [0.05, 0.1) is 0 Å². The van der Waals surface area contributed by atoms with E-state index in [0.717, 1.165) is 0 Å². The van der Waals surface area contributed by atoms with Gasteiger partial charge in [0.15, 0.2) is 6.67 Å². The Morgan fingerprint density at radius 3 is 1.64 bits per heavy atom. The quantitative estimate of drug-likeness (QED) is 0.657. The van der Waals surface area contributed by atoms with Crippen molar-refractivity contribution < 1.29 is 35.5 Å². The third-order valence-corrected chi connectivity index (χ3v) is 1.41. The second kappa shape index (κ2) is 3.92. The topological polar surface area (TPSA) is 9.23 Å². The van der Waals surface area contributed by atoms with Crippen molar-refractivity contribution in [2.45, 2.75) is 17.8 Å². The number of hydrogen-bond donors (Lipinski definition) is 0. The van der Waals surface area contributed by atoms with Crippen LogP contribution in [0.2, 0.25) is 0 Å². The number of alkyl halides is 7. The van der Waals surface area contributed by atoms with Crippen LogP contribution in [-0.2, 0) is 4.74 Å². The van der Waals surface area contributed by atoms with E-state index in [2.05, 4.69) is 4.74 Å². The van der Waals surface area contributed by atoms with E-state index in [9.17, 15) is 30.7 Å². The molecule has 0 amide bonds. The van der Waals surface area contributed by atoms with Crippen LogP contribution in [0.3, 0.4) is 0 Å². The summed E-state index contributed by atoms with van der Waals surface area (Å²) in [4.78, 5) is 0. The second-order valence-electron chi connectivity index (χ2n) is 2.55. The zero-order valence-corrected chi connectivity index (χ0v) is 6.97. The summed E-state index contributed by atoms with van der Waals surface area (Å²) >= 11 is 0. The predicted octanol–water partition coefficient (Wildman–Crippen LogP) is 2.51. The molecule has 0 rings (SSSR count). The lowest BCUT2D eigenvalue weighted by Gasteiger charge is -2.30. The van der Waals surface area contributed by atoms with E-state index in [1.807, 2.05) is 0 Å². The summed E-state index contributed by atoms with van der Waals surface area (Å²) in [6, 6.07) is 0. The number of halogens is 7. The Balaban J connectivity index is 4.92. The number of methoxy groups -OCH3 is 1. The lowest BCUT2D eigenvalue weighted by molar-refractivity contribution is -0.320. The normalized spacial score (nSPS) is 14.6. The molecule has 0 unspecified atom stereocenters. The molecule has 0 N–H and O–H groups in total. The molecule has 0 saturated heterocycles. The highest BCUT2D eigenvalue weighted by molar-refractivity contribution is 4.96. The van der Waals surface area contributed by atoms with Crippen LogP contribution in [0.5, 0.6) is 0 Å². The van der Waals surface area contributed by atoms with E-state index in [-0.39, 0.29) is 0 Å². The smallest absolute Gasteiger partial charge is 0.377 e. The maximum Gasteiger partial charge on any atom is 0.377 e. The molecule has 0 aliphatic carbocycles. The Hall–Kier alpha value is -0.530. The van der Waals surface area contributed by atoms with Gasteiger partial charge < -0.3 is 4.74 Å². The maximum absolute atomic E-state index is 12.4. The van der Waals surface area contributed by atoms with Gasteiger partial charge in [-0.05, 0) is 0 Å². The van der Waals surface area contributed by atoms with Gasteiger partial charge in [0.1, 0.15) is 6.61 Å². The molecule has 0 heterocycles. The van der Waals surface area contributed by atoms with Crippen molar-refractivity contribution in [1.29, 1.82) is 0 Å². The fraction of sp³-hybridized carbons (Fsp3) is 1.00. The Morgan fingerprint density at radius 2 is 1.36 bits per heavy atom. The summed E-state index contributed by atoms with van der Waals surface area (Å²) in [5.74, 6) is -16.3. The van der Waals surface area contributed by atoms with Gasteiger partial charge >= 0.3 is 17.8 Å². The highest BCUT2D eigenvalue weighted by Crippen LogP contribution is 2.45. The van der Waals surface area contributed by atoms with E-state index < -0.39 is 31.0 Å². The van der Waals surface area contributed by atoms with Crippen LogP contribution < -0.4 is 0 Å². The first kappa shape index (κ1) is 13.5. The molecule has 0 bridgehead atoms. The molecule has 0 atom stereocenters. The summed E-state index contributed by atoms with van der Waals surface area (Å²) < 4.78 is 88.7. The van der Waals surface area contributed by atoms with Crippen LogP contribution in [0, 0.1) is 0 Å². The summed E-state index contributed by atoms with van der Waals surface area (Å²) in [5.41, 5.74) is 0. The highest BCUT2D eigenvalue weighted by Gasteiger charge is 2.71. The van der Waals surface area contributed by atoms with Gasteiger partial charge in [-0.1, -0.05) is 0 Å². The Morgan fingerprint density at radius 1 is 0.929 bits per heavy atom. The standard InChI is InChI=1S/C6H7F7O/c1-14-3-5(10,11)6(12,13)4(8,9)2-7/h2-3H2,1H3. The molecule has 0 spiro atoms. The molecule has 0 radical (unpaired) electrons. The van der Waals surface area contributed by atoms with Crippen LogP contribution in [0.4, 0.5) is 30.7 Å². The third-order valence-electron chi connectivity index (χ3n) is 1.41. The van der Waals surface area contributed by atoms with Gasteiger partial charge in [-0.3, -0.25) is 0 Å². The van der Waals surface area contributed by atoms with E-state index in [0.29, 0.717) is 7.11 Å². The average Bonchev–Trinajstić information content (AvgIpc) is 2.03. The zero-order valence-electron chi connectivity index (χ0n) is 6.97. The molecule has 0 aromatic rings. The van der Waals surface area contributed by atoms with Crippen molar-refractivity contribution in [3.8, 4) is 0 Å². The number of ether oxygens (including phenoxy) is 1. The van der Waals surface area contributed by atoms with Gasteiger partial charge in [0.2, 0.25) is 0 Å². The first-order valence-corrected chi connectivity index (χ1v) is 3.31. The van der Waals surface area contributed by atoms with Crippen molar-refractivity contribution in [1.82, 2.24) is 0 Å². The van der Waals surface area contributed by atoms with E-state index >= 15 is 0 Å². The fourth-order valence-corrected chi connectivity index (χ4v) is 0.623. The minimum absolute atomic E-state index is 0.636. The maximum atomic E-state index is 12.4. The Labute approximate surface area is 74.8 Å². The molecule has 0 saturated carbocycles. The summed E-state index contributed by atoms with van der Waals surface area (Å²) in [6.07, 6.45) is 0. The molecular weight excluding hydrogens is 221 g/mol. The van der Waals surface area contributed by atoms with Crippen LogP contribution in [0.15, 0.2) is 0 Å². The molecule has 86 valence electrons.